The van der Waals surface area contributed by atoms with Gasteiger partial charge in [0.25, 0.3) is 0 Å². The van der Waals surface area contributed by atoms with Crippen LogP contribution < -0.4 is 0 Å². The summed E-state index contributed by atoms with van der Waals surface area (Å²) in [6.45, 7) is 0. The Hall–Kier alpha value is -1.26. The Labute approximate surface area is 101 Å². The van der Waals surface area contributed by atoms with Gasteiger partial charge in [0, 0.05) is 18.0 Å². The van der Waals surface area contributed by atoms with E-state index in [9.17, 15) is 9.50 Å². The summed E-state index contributed by atoms with van der Waals surface area (Å²) in [6, 6.07) is 8.16. The van der Waals surface area contributed by atoms with Gasteiger partial charge in [0.15, 0.2) is 0 Å². The van der Waals surface area contributed by atoms with Crippen molar-refractivity contribution >= 4 is 15.9 Å². The van der Waals surface area contributed by atoms with E-state index < -0.39 is 11.9 Å². The molecule has 1 heterocycles. The van der Waals surface area contributed by atoms with Crippen LogP contribution in [0.3, 0.4) is 0 Å². The van der Waals surface area contributed by atoms with Crippen LogP contribution in [0, 0.1) is 5.82 Å². The van der Waals surface area contributed by atoms with E-state index in [1.807, 2.05) is 0 Å². The van der Waals surface area contributed by atoms with Gasteiger partial charge >= 0.3 is 0 Å². The number of pyridine rings is 1. The van der Waals surface area contributed by atoms with Crippen LogP contribution in [-0.2, 0) is 0 Å². The van der Waals surface area contributed by atoms with Crippen molar-refractivity contribution < 1.29 is 9.50 Å². The van der Waals surface area contributed by atoms with Crippen LogP contribution in [0.15, 0.2) is 47.2 Å². The molecule has 0 fully saturated rings. The lowest BCUT2D eigenvalue weighted by atomic mass is 10.0. The maximum atomic E-state index is 13.7. The minimum Gasteiger partial charge on any atom is -0.384 e. The Balaban J connectivity index is 2.42. The van der Waals surface area contributed by atoms with Crippen LogP contribution in [0.4, 0.5) is 4.39 Å². The van der Waals surface area contributed by atoms with E-state index >= 15 is 0 Å². The van der Waals surface area contributed by atoms with Crippen LogP contribution in [0.2, 0.25) is 0 Å². The lowest BCUT2D eigenvalue weighted by molar-refractivity contribution is 0.214. The lowest BCUT2D eigenvalue weighted by Crippen LogP contribution is -2.02. The number of aliphatic hydroxyl groups excluding tert-OH is 1. The van der Waals surface area contributed by atoms with Crippen molar-refractivity contribution in [2.24, 2.45) is 0 Å². The van der Waals surface area contributed by atoms with Gasteiger partial charge in [0.2, 0.25) is 0 Å². The molecule has 2 aromatic rings. The van der Waals surface area contributed by atoms with E-state index in [1.54, 1.807) is 42.7 Å². The molecule has 0 aliphatic rings. The molecule has 1 atom stereocenters. The summed E-state index contributed by atoms with van der Waals surface area (Å²) in [5.41, 5.74) is 0.868. The SMILES string of the molecule is OC(c1ccncc1)c1cccc(Br)c1F. The molecule has 1 unspecified atom stereocenters. The van der Waals surface area contributed by atoms with Gasteiger partial charge in [-0.3, -0.25) is 4.98 Å². The summed E-state index contributed by atoms with van der Waals surface area (Å²) < 4.78 is 14.1. The predicted octanol–water partition coefficient (Wildman–Crippen LogP) is 3.06. The van der Waals surface area contributed by atoms with Gasteiger partial charge in [-0.1, -0.05) is 12.1 Å². The highest BCUT2D eigenvalue weighted by atomic mass is 79.9. The highest BCUT2D eigenvalue weighted by Crippen LogP contribution is 2.27. The first-order valence-electron chi connectivity index (χ1n) is 4.72. The number of aromatic nitrogens is 1. The zero-order valence-electron chi connectivity index (χ0n) is 8.27. The van der Waals surface area contributed by atoms with Crippen molar-refractivity contribution in [3.8, 4) is 0 Å². The molecule has 0 aliphatic carbocycles. The molecule has 16 heavy (non-hydrogen) atoms. The van der Waals surface area contributed by atoms with E-state index in [1.165, 1.54) is 0 Å². The fraction of sp³-hybridized carbons (Fsp3) is 0.0833. The molecule has 0 spiro atoms. The van der Waals surface area contributed by atoms with Crippen molar-refractivity contribution in [2.75, 3.05) is 0 Å². The Morgan fingerprint density at radius 3 is 2.56 bits per heavy atom. The molecule has 0 aliphatic heterocycles. The molecule has 1 aromatic heterocycles. The number of hydrogen-bond acceptors (Lipinski definition) is 2. The average molecular weight is 282 g/mol. The fourth-order valence-corrected chi connectivity index (χ4v) is 1.84. The molecule has 0 amide bonds. The zero-order chi connectivity index (χ0) is 11.5. The molecule has 2 rings (SSSR count). The van der Waals surface area contributed by atoms with Gasteiger partial charge in [-0.05, 0) is 39.7 Å². The summed E-state index contributed by atoms with van der Waals surface area (Å²) in [5, 5.41) is 10.0. The minimum atomic E-state index is -0.972. The van der Waals surface area contributed by atoms with Crippen LogP contribution in [-0.4, -0.2) is 10.1 Å². The predicted molar refractivity (Wildman–Crippen MR) is 62.4 cm³/mol. The van der Waals surface area contributed by atoms with Gasteiger partial charge in [0.05, 0.1) is 4.47 Å². The van der Waals surface area contributed by atoms with Crippen molar-refractivity contribution in [3.05, 3.63) is 64.1 Å². The summed E-state index contributed by atoms with van der Waals surface area (Å²) >= 11 is 3.09. The molecule has 0 radical (unpaired) electrons. The zero-order valence-corrected chi connectivity index (χ0v) is 9.86. The number of hydrogen-bond donors (Lipinski definition) is 1. The standard InChI is InChI=1S/C12H9BrFNO/c13-10-3-1-2-9(11(10)14)12(16)8-4-6-15-7-5-8/h1-7,12,16H. The van der Waals surface area contributed by atoms with Gasteiger partial charge in [0.1, 0.15) is 11.9 Å². The third-order valence-corrected chi connectivity index (χ3v) is 2.91. The Morgan fingerprint density at radius 1 is 1.19 bits per heavy atom. The van der Waals surface area contributed by atoms with Crippen molar-refractivity contribution in [2.45, 2.75) is 6.10 Å². The van der Waals surface area contributed by atoms with Crippen LogP contribution >= 0.6 is 15.9 Å². The molecule has 4 heteroatoms. The van der Waals surface area contributed by atoms with Crippen molar-refractivity contribution in [3.63, 3.8) is 0 Å². The summed E-state index contributed by atoms with van der Waals surface area (Å²) in [4.78, 5) is 3.85. The molecule has 2 nitrogen and oxygen atoms in total. The monoisotopic (exact) mass is 281 g/mol. The number of benzene rings is 1. The molecular formula is C12H9BrFNO. The Kier molecular flexibility index (Phi) is 3.31. The minimum absolute atomic E-state index is 0.251. The van der Waals surface area contributed by atoms with E-state index in [0.717, 1.165) is 0 Å². The molecule has 0 saturated heterocycles. The number of halogens is 2. The first-order chi connectivity index (χ1) is 7.70. The molecule has 1 aromatic carbocycles. The van der Waals surface area contributed by atoms with E-state index in [4.69, 9.17) is 0 Å². The smallest absolute Gasteiger partial charge is 0.143 e. The topological polar surface area (TPSA) is 33.1 Å². The quantitative estimate of drug-likeness (QED) is 0.918. The van der Waals surface area contributed by atoms with Crippen LogP contribution in [0.25, 0.3) is 0 Å². The summed E-state index contributed by atoms with van der Waals surface area (Å²) in [5.74, 6) is -0.438. The van der Waals surface area contributed by atoms with Gasteiger partial charge in [-0.2, -0.15) is 0 Å². The van der Waals surface area contributed by atoms with Crippen LogP contribution in [0.5, 0.6) is 0 Å². The number of rotatable bonds is 2. The third-order valence-electron chi connectivity index (χ3n) is 2.30. The van der Waals surface area contributed by atoms with E-state index in [-0.39, 0.29) is 5.56 Å². The summed E-state index contributed by atoms with van der Waals surface area (Å²) in [6.07, 6.45) is 2.16. The second-order valence-electron chi connectivity index (χ2n) is 3.33. The third kappa shape index (κ3) is 2.13. The molecule has 0 bridgehead atoms. The first kappa shape index (κ1) is 11.2. The highest BCUT2D eigenvalue weighted by molar-refractivity contribution is 9.10. The summed E-state index contributed by atoms with van der Waals surface area (Å²) in [7, 11) is 0. The maximum Gasteiger partial charge on any atom is 0.143 e. The van der Waals surface area contributed by atoms with E-state index in [0.29, 0.717) is 10.0 Å². The second-order valence-corrected chi connectivity index (χ2v) is 4.18. The largest absolute Gasteiger partial charge is 0.384 e. The van der Waals surface area contributed by atoms with E-state index in [2.05, 4.69) is 20.9 Å². The van der Waals surface area contributed by atoms with Gasteiger partial charge < -0.3 is 5.11 Å². The number of nitrogens with zero attached hydrogens (tertiary/aromatic N) is 1. The van der Waals surface area contributed by atoms with Crippen molar-refractivity contribution in [1.82, 2.24) is 4.98 Å². The highest BCUT2D eigenvalue weighted by Gasteiger charge is 2.16. The fourth-order valence-electron chi connectivity index (χ4n) is 1.46. The maximum absolute atomic E-state index is 13.7. The molecule has 82 valence electrons. The van der Waals surface area contributed by atoms with Gasteiger partial charge in [-0.25, -0.2) is 4.39 Å². The Bertz CT molecular complexity index is 490. The lowest BCUT2D eigenvalue weighted by Gasteiger charge is -2.12. The second kappa shape index (κ2) is 4.72. The first-order valence-corrected chi connectivity index (χ1v) is 5.51. The molecular weight excluding hydrogens is 273 g/mol. The average Bonchev–Trinajstić information content (AvgIpc) is 2.33. The molecule has 0 saturated carbocycles. The normalized spacial score (nSPS) is 12.4. The van der Waals surface area contributed by atoms with Crippen molar-refractivity contribution in [1.29, 1.82) is 0 Å². The van der Waals surface area contributed by atoms with Crippen LogP contribution in [0.1, 0.15) is 17.2 Å². The Morgan fingerprint density at radius 2 is 1.88 bits per heavy atom. The number of aliphatic hydroxyl groups is 1. The molecule has 1 N–H and O–H groups in total. The van der Waals surface area contributed by atoms with Gasteiger partial charge in [-0.15, -0.1) is 0 Å².